The summed E-state index contributed by atoms with van der Waals surface area (Å²) in [5.74, 6) is 0.394. The zero-order valence-corrected chi connectivity index (χ0v) is 15.5. The normalized spacial score (nSPS) is 11.7. The molecule has 130 valence electrons. The van der Waals surface area contributed by atoms with Gasteiger partial charge < -0.3 is 4.57 Å². The van der Waals surface area contributed by atoms with Crippen LogP contribution in [0.1, 0.15) is 25.5 Å². The molecule has 0 radical (unpaired) electrons. The van der Waals surface area contributed by atoms with Gasteiger partial charge in [-0.1, -0.05) is 28.1 Å². The van der Waals surface area contributed by atoms with E-state index in [4.69, 9.17) is 0 Å². The summed E-state index contributed by atoms with van der Waals surface area (Å²) in [6, 6.07) is 7.61. The van der Waals surface area contributed by atoms with Crippen LogP contribution in [0.3, 0.4) is 0 Å². The number of imidazole rings is 1. The molecule has 2 aromatic heterocycles. The quantitative estimate of drug-likeness (QED) is 0.514. The lowest BCUT2D eigenvalue weighted by Crippen LogP contribution is -2.29. The van der Waals surface area contributed by atoms with Crippen LogP contribution < -0.4 is 16.7 Å². The molecule has 2 heterocycles. The van der Waals surface area contributed by atoms with Crippen LogP contribution >= 0.6 is 15.9 Å². The SMILES string of the molecule is CC(C)n1c(N/N=C/c2ccc(Br)cc2)nc2c1c(=O)[nH]c(=O)n2C. The van der Waals surface area contributed by atoms with Gasteiger partial charge in [0, 0.05) is 17.6 Å². The average molecular weight is 405 g/mol. The first-order chi connectivity index (χ1) is 11.9. The molecule has 0 atom stereocenters. The minimum atomic E-state index is -0.504. The monoisotopic (exact) mass is 404 g/mol. The molecule has 0 bridgehead atoms. The molecule has 0 aliphatic rings. The van der Waals surface area contributed by atoms with Crippen molar-refractivity contribution < 1.29 is 0 Å². The minimum absolute atomic E-state index is 0.0472. The van der Waals surface area contributed by atoms with Crippen molar-refractivity contribution in [2.24, 2.45) is 12.1 Å². The van der Waals surface area contributed by atoms with Gasteiger partial charge in [-0.25, -0.2) is 10.2 Å². The first kappa shape index (κ1) is 17.2. The van der Waals surface area contributed by atoms with Crippen molar-refractivity contribution in [1.29, 1.82) is 0 Å². The number of hydrazone groups is 1. The number of H-pyrrole nitrogens is 1. The molecule has 8 nitrogen and oxygen atoms in total. The number of aromatic nitrogens is 4. The second kappa shape index (κ2) is 6.67. The van der Waals surface area contributed by atoms with Gasteiger partial charge in [0.2, 0.25) is 5.95 Å². The van der Waals surface area contributed by atoms with Gasteiger partial charge in [-0.3, -0.25) is 14.3 Å². The van der Waals surface area contributed by atoms with E-state index in [0.29, 0.717) is 17.1 Å². The second-order valence-corrected chi connectivity index (χ2v) is 6.73. The molecule has 1 aromatic carbocycles. The summed E-state index contributed by atoms with van der Waals surface area (Å²) in [6.45, 7) is 3.85. The molecule has 0 spiro atoms. The van der Waals surface area contributed by atoms with E-state index >= 15 is 0 Å². The third-order valence-electron chi connectivity index (χ3n) is 3.72. The van der Waals surface area contributed by atoms with Gasteiger partial charge in [0.05, 0.1) is 6.21 Å². The minimum Gasteiger partial charge on any atom is -0.300 e. The van der Waals surface area contributed by atoms with Gasteiger partial charge in [0.25, 0.3) is 5.56 Å². The molecule has 0 saturated carbocycles. The van der Waals surface area contributed by atoms with E-state index in [-0.39, 0.29) is 6.04 Å². The summed E-state index contributed by atoms with van der Waals surface area (Å²) in [6.07, 6.45) is 1.65. The molecule has 25 heavy (non-hydrogen) atoms. The van der Waals surface area contributed by atoms with Crippen LogP contribution in [0, 0.1) is 0 Å². The first-order valence-electron chi connectivity index (χ1n) is 7.64. The zero-order chi connectivity index (χ0) is 18.1. The van der Waals surface area contributed by atoms with Crippen LogP contribution in [0.25, 0.3) is 11.2 Å². The number of anilines is 1. The lowest BCUT2D eigenvalue weighted by Gasteiger charge is -2.11. The molecular formula is C16H17BrN6O2. The van der Waals surface area contributed by atoms with Crippen LogP contribution in [0.4, 0.5) is 5.95 Å². The molecule has 0 aliphatic carbocycles. The number of aromatic amines is 1. The fourth-order valence-electron chi connectivity index (χ4n) is 2.50. The van der Waals surface area contributed by atoms with E-state index in [1.54, 1.807) is 17.8 Å². The number of halogens is 1. The average Bonchev–Trinajstić information content (AvgIpc) is 2.95. The second-order valence-electron chi connectivity index (χ2n) is 5.81. The molecule has 0 aliphatic heterocycles. The van der Waals surface area contributed by atoms with E-state index in [2.05, 4.69) is 36.4 Å². The zero-order valence-electron chi connectivity index (χ0n) is 13.9. The highest BCUT2D eigenvalue weighted by Gasteiger charge is 2.18. The molecule has 0 unspecified atom stereocenters. The molecule has 3 aromatic rings. The Labute approximate surface area is 151 Å². The predicted octanol–water partition coefficient (Wildman–Crippen LogP) is 2.21. The van der Waals surface area contributed by atoms with Gasteiger partial charge in [-0.2, -0.15) is 10.1 Å². The Hall–Kier alpha value is -2.68. The fraction of sp³-hybridized carbons (Fsp3) is 0.250. The Morgan fingerprint density at radius 2 is 1.96 bits per heavy atom. The molecule has 2 N–H and O–H groups in total. The number of nitrogens with zero attached hydrogens (tertiary/aromatic N) is 4. The van der Waals surface area contributed by atoms with Crippen LogP contribution in [-0.2, 0) is 7.05 Å². The van der Waals surface area contributed by atoms with Crippen LogP contribution in [0.15, 0.2) is 43.4 Å². The summed E-state index contributed by atoms with van der Waals surface area (Å²) in [5.41, 5.74) is 3.44. The Morgan fingerprint density at radius 1 is 1.28 bits per heavy atom. The van der Waals surface area contributed by atoms with Gasteiger partial charge >= 0.3 is 5.69 Å². The molecule has 9 heteroatoms. The molecular weight excluding hydrogens is 388 g/mol. The van der Waals surface area contributed by atoms with Gasteiger partial charge in [-0.15, -0.1) is 0 Å². The maximum Gasteiger partial charge on any atom is 0.329 e. The summed E-state index contributed by atoms with van der Waals surface area (Å²) in [4.78, 5) is 30.7. The number of hydrogen-bond acceptors (Lipinski definition) is 5. The lowest BCUT2D eigenvalue weighted by molar-refractivity contribution is 0.620. The molecule has 0 saturated heterocycles. The number of hydrogen-bond donors (Lipinski definition) is 2. The van der Waals surface area contributed by atoms with Gasteiger partial charge in [0.15, 0.2) is 11.2 Å². The Morgan fingerprint density at radius 3 is 2.60 bits per heavy atom. The van der Waals surface area contributed by atoms with E-state index in [0.717, 1.165) is 10.0 Å². The van der Waals surface area contributed by atoms with Crippen LogP contribution in [0.5, 0.6) is 0 Å². The van der Waals surface area contributed by atoms with Crippen LogP contribution in [-0.4, -0.2) is 25.3 Å². The Bertz CT molecular complexity index is 1060. The number of aryl methyl sites for hydroxylation is 1. The number of fused-ring (bicyclic) bond motifs is 1. The standard InChI is InChI=1S/C16H17BrN6O2/c1-9(2)23-12-13(22(3)16(25)20-14(12)24)19-15(23)21-18-8-10-4-6-11(17)7-5-10/h4-9H,1-3H3,(H,19,21)(H,20,24,25)/b18-8+. The van der Waals surface area contributed by atoms with E-state index in [9.17, 15) is 9.59 Å². The largest absolute Gasteiger partial charge is 0.329 e. The van der Waals surface area contributed by atoms with Crippen molar-refractivity contribution in [2.45, 2.75) is 19.9 Å². The van der Waals surface area contributed by atoms with Gasteiger partial charge in [-0.05, 0) is 31.5 Å². The highest BCUT2D eigenvalue weighted by Crippen LogP contribution is 2.20. The Kier molecular flexibility index (Phi) is 4.58. The predicted molar refractivity (Wildman–Crippen MR) is 101 cm³/mol. The molecule has 0 amide bonds. The summed E-state index contributed by atoms with van der Waals surface area (Å²) in [5, 5.41) is 4.19. The number of benzene rings is 1. The smallest absolute Gasteiger partial charge is 0.300 e. The number of rotatable bonds is 4. The lowest BCUT2D eigenvalue weighted by atomic mass is 10.2. The van der Waals surface area contributed by atoms with Crippen molar-refractivity contribution in [3.05, 3.63) is 55.1 Å². The molecule has 3 rings (SSSR count). The van der Waals surface area contributed by atoms with Crippen molar-refractivity contribution in [1.82, 2.24) is 19.1 Å². The van der Waals surface area contributed by atoms with E-state index in [1.807, 2.05) is 38.1 Å². The maximum atomic E-state index is 12.2. The Balaban J connectivity index is 2.04. The molecule has 0 fully saturated rings. The van der Waals surface area contributed by atoms with E-state index < -0.39 is 11.2 Å². The first-order valence-corrected chi connectivity index (χ1v) is 8.43. The highest BCUT2D eigenvalue weighted by atomic mass is 79.9. The number of nitrogens with one attached hydrogen (secondary N) is 2. The summed E-state index contributed by atoms with van der Waals surface area (Å²) >= 11 is 3.38. The van der Waals surface area contributed by atoms with Crippen molar-refractivity contribution >= 4 is 39.3 Å². The highest BCUT2D eigenvalue weighted by molar-refractivity contribution is 9.10. The van der Waals surface area contributed by atoms with Crippen molar-refractivity contribution in [2.75, 3.05) is 5.43 Å². The van der Waals surface area contributed by atoms with Gasteiger partial charge in [0.1, 0.15) is 0 Å². The fourth-order valence-corrected chi connectivity index (χ4v) is 2.76. The summed E-state index contributed by atoms with van der Waals surface area (Å²) in [7, 11) is 1.56. The third kappa shape index (κ3) is 3.27. The summed E-state index contributed by atoms with van der Waals surface area (Å²) < 4.78 is 4.01. The third-order valence-corrected chi connectivity index (χ3v) is 4.24. The van der Waals surface area contributed by atoms with Crippen LogP contribution in [0.2, 0.25) is 0 Å². The van der Waals surface area contributed by atoms with Crippen molar-refractivity contribution in [3.8, 4) is 0 Å². The van der Waals surface area contributed by atoms with Crippen molar-refractivity contribution in [3.63, 3.8) is 0 Å². The van der Waals surface area contributed by atoms with E-state index in [1.165, 1.54) is 4.57 Å². The maximum absolute atomic E-state index is 12.2. The topological polar surface area (TPSA) is 97.1 Å².